The SMILES string of the molecule is CC(C)C(NC(=O)C([AsH2])Cc1c[nH]cn1)C(=O)NCC(O)CP(=O)(O)CC1CCCCC1. The third kappa shape index (κ3) is 9.38. The topological polar surface area (TPSA) is 144 Å². The number of amides is 2. The minimum Gasteiger partial charge on any atom is -0.0533 e. The fraction of sp³-hybridized carbons (Fsp3) is 0.762. The van der Waals surface area contributed by atoms with Crippen LogP contribution >= 0.6 is 7.37 Å². The van der Waals surface area contributed by atoms with Crippen LogP contribution in [0.4, 0.5) is 0 Å². The van der Waals surface area contributed by atoms with Gasteiger partial charge in [-0.15, -0.1) is 0 Å². The van der Waals surface area contributed by atoms with E-state index in [9.17, 15) is 24.2 Å². The molecule has 5 atom stereocenters. The van der Waals surface area contributed by atoms with Crippen LogP contribution in [0, 0.1) is 11.8 Å². The van der Waals surface area contributed by atoms with Gasteiger partial charge in [-0.25, -0.2) is 0 Å². The monoisotopic (exact) mass is 532 g/mol. The number of rotatable bonds is 12. The van der Waals surface area contributed by atoms with Crippen LogP contribution in [-0.2, 0) is 20.6 Å². The Kier molecular flexibility index (Phi) is 11.0. The molecular weight excluding hydrogens is 494 g/mol. The number of aromatic amines is 1. The first kappa shape index (κ1) is 27.1. The summed E-state index contributed by atoms with van der Waals surface area (Å²) < 4.78 is 12.3. The quantitative estimate of drug-likeness (QED) is 0.199. The van der Waals surface area contributed by atoms with Gasteiger partial charge in [0.05, 0.1) is 0 Å². The van der Waals surface area contributed by atoms with E-state index in [0.29, 0.717) is 6.42 Å². The van der Waals surface area contributed by atoms with Crippen molar-refractivity contribution in [2.24, 2.45) is 11.8 Å². The number of imidazole rings is 1. The summed E-state index contributed by atoms with van der Waals surface area (Å²) in [6.07, 6.45) is 7.96. The van der Waals surface area contributed by atoms with Gasteiger partial charge in [-0.3, -0.25) is 0 Å². The van der Waals surface area contributed by atoms with Crippen LogP contribution in [0.2, 0.25) is 4.71 Å². The Morgan fingerprint density at radius 2 is 1.97 bits per heavy atom. The molecule has 0 saturated heterocycles. The standard InChI is InChI=1S/C21H38AsN4O5P/c1-14(2)19(26-20(28)18(22)8-16-9-23-13-25-16)21(29)24-10-17(27)12-32(30,31)11-15-6-4-3-5-7-15/h9,13-15,17-19,27H,3-8,10-12,22H2,1-2H3,(H,23,25)(H,24,29)(H,26,28)(H,30,31). The van der Waals surface area contributed by atoms with E-state index in [1.54, 1.807) is 12.5 Å². The Hall–Kier alpha value is -1.14. The fourth-order valence-electron chi connectivity index (χ4n) is 4.09. The van der Waals surface area contributed by atoms with E-state index in [4.69, 9.17) is 0 Å². The molecule has 1 fully saturated rings. The number of nitrogens with zero attached hydrogens (tertiary/aromatic N) is 1. The van der Waals surface area contributed by atoms with Crippen molar-refractivity contribution in [3.05, 3.63) is 18.2 Å². The smallest absolute Gasteiger partial charge is 0.0533 e. The van der Waals surface area contributed by atoms with Crippen molar-refractivity contribution in [2.45, 2.75) is 69.2 Å². The predicted octanol–water partition coefficient (Wildman–Crippen LogP) is 0.842. The molecule has 5 N–H and O–H groups in total. The summed E-state index contributed by atoms with van der Waals surface area (Å²) in [5.74, 6) is -0.551. The van der Waals surface area contributed by atoms with Crippen LogP contribution in [0.15, 0.2) is 12.5 Å². The van der Waals surface area contributed by atoms with Gasteiger partial charge >= 0.3 is 167 Å². The molecular formula is C21H38AsN4O5P. The van der Waals surface area contributed by atoms with Gasteiger partial charge in [0.15, 0.2) is 0 Å². The number of aromatic nitrogens is 2. The van der Waals surface area contributed by atoms with Crippen molar-refractivity contribution < 1.29 is 24.2 Å². The fourth-order valence-corrected chi connectivity index (χ4v) is 6.90. The second-order valence-electron chi connectivity index (χ2n) is 9.22. The van der Waals surface area contributed by atoms with Crippen molar-refractivity contribution in [1.29, 1.82) is 0 Å². The first-order chi connectivity index (χ1) is 15.1. The molecule has 182 valence electrons. The molecule has 9 nitrogen and oxygen atoms in total. The van der Waals surface area contributed by atoms with Gasteiger partial charge in [0, 0.05) is 0 Å². The third-order valence-corrected chi connectivity index (χ3v) is 9.05. The van der Waals surface area contributed by atoms with E-state index in [0.717, 1.165) is 31.4 Å². The summed E-state index contributed by atoms with van der Waals surface area (Å²) >= 11 is 1.25. The van der Waals surface area contributed by atoms with E-state index >= 15 is 0 Å². The van der Waals surface area contributed by atoms with Crippen molar-refractivity contribution >= 4 is 36.0 Å². The summed E-state index contributed by atoms with van der Waals surface area (Å²) in [5.41, 5.74) is 0.782. The minimum absolute atomic E-state index is 0.125. The van der Waals surface area contributed by atoms with Gasteiger partial charge in [-0.1, -0.05) is 19.3 Å². The van der Waals surface area contributed by atoms with Crippen LogP contribution in [0.25, 0.3) is 0 Å². The normalized spacial score (nSPS) is 19.7. The number of aliphatic hydroxyl groups is 1. The van der Waals surface area contributed by atoms with Crippen LogP contribution in [0.1, 0.15) is 51.6 Å². The van der Waals surface area contributed by atoms with E-state index in [1.807, 2.05) is 13.8 Å². The van der Waals surface area contributed by atoms with Gasteiger partial charge in [0.2, 0.25) is 0 Å². The molecule has 1 aliphatic carbocycles. The molecule has 0 spiro atoms. The first-order valence-corrected chi connectivity index (χ1v) is 14.8. The van der Waals surface area contributed by atoms with Crippen LogP contribution in [-0.4, -0.2) is 79.6 Å². The summed E-state index contributed by atoms with van der Waals surface area (Å²) in [6, 6.07) is -0.754. The zero-order valence-corrected chi connectivity index (χ0v) is 22.3. The molecule has 11 heteroatoms. The molecule has 2 amide bonds. The maximum absolute atomic E-state index is 12.7. The number of carbonyl (C=O) groups excluding carboxylic acids is 2. The van der Waals surface area contributed by atoms with Gasteiger partial charge in [-0.05, 0) is 12.8 Å². The number of hydrogen-bond donors (Lipinski definition) is 5. The Balaban J connectivity index is 1.80. The van der Waals surface area contributed by atoms with E-state index in [1.165, 1.54) is 23.3 Å². The Bertz CT molecular complexity index is 770. The maximum atomic E-state index is 12.7. The molecule has 32 heavy (non-hydrogen) atoms. The predicted molar refractivity (Wildman–Crippen MR) is 127 cm³/mol. The number of carbonyl (C=O) groups is 2. The first-order valence-electron chi connectivity index (χ1n) is 11.4. The molecule has 1 saturated carbocycles. The van der Waals surface area contributed by atoms with E-state index in [2.05, 4.69) is 20.6 Å². The molecule has 0 aliphatic heterocycles. The van der Waals surface area contributed by atoms with Crippen LogP contribution in [0.5, 0.6) is 0 Å². The third-order valence-electron chi connectivity index (χ3n) is 5.84. The molecule has 1 aliphatic rings. The average Bonchev–Trinajstić information content (AvgIpc) is 3.22. The second kappa shape index (κ2) is 12.9. The van der Waals surface area contributed by atoms with Gasteiger partial charge in [0.1, 0.15) is 0 Å². The molecule has 5 unspecified atom stereocenters. The minimum atomic E-state index is -3.46. The number of H-pyrrole nitrogens is 1. The molecule has 0 radical (unpaired) electrons. The van der Waals surface area contributed by atoms with Crippen molar-refractivity contribution in [3.63, 3.8) is 0 Å². The zero-order valence-electron chi connectivity index (χ0n) is 19.0. The van der Waals surface area contributed by atoms with Crippen molar-refractivity contribution in [1.82, 2.24) is 20.6 Å². The Labute approximate surface area is 198 Å². The number of hydrogen-bond acceptors (Lipinski definition) is 5. The summed E-state index contributed by atoms with van der Waals surface area (Å²) in [6.45, 7) is 3.53. The second-order valence-corrected chi connectivity index (χ2v) is 13.3. The summed E-state index contributed by atoms with van der Waals surface area (Å²) in [7, 11) is -3.46. The molecule has 1 aromatic heterocycles. The van der Waals surface area contributed by atoms with E-state index < -0.39 is 25.4 Å². The van der Waals surface area contributed by atoms with Crippen molar-refractivity contribution in [2.75, 3.05) is 18.9 Å². The van der Waals surface area contributed by atoms with Gasteiger partial charge in [0.25, 0.3) is 0 Å². The van der Waals surface area contributed by atoms with E-state index in [-0.39, 0.29) is 41.3 Å². The van der Waals surface area contributed by atoms with Gasteiger partial charge < -0.3 is 0 Å². The zero-order chi connectivity index (χ0) is 23.7. The molecule has 2 rings (SSSR count). The van der Waals surface area contributed by atoms with Crippen LogP contribution < -0.4 is 10.6 Å². The molecule has 0 bridgehead atoms. The molecule has 0 aromatic carbocycles. The molecule has 1 aromatic rings. The Morgan fingerprint density at radius 1 is 1.28 bits per heavy atom. The average molecular weight is 532 g/mol. The Morgan fingerprint density at radius 3 is 2.56 bits per heavy atom. The molecule has 1 heterocycles. The van der Waals surface area contributed by atoms with Gasteiger partial charge in [-0.2, -0.15) is 0 Å². The number of aliphatic hydroxyl groups excluding tert-OH is 1. The summed E-state index contributed by atoms with van der Waals surface area (Å²) in [5, 5.41) is 15.7. The summed E-state index contributed by atoms with van der Waals surface area (Å²) in [4.78, 5) is 42.5. The number of nitrogens with one attached hydrogen (secondary N) is 3. The van der Waals surface area contributed by atoms with Crippen LogP contribution in [0.3, 0.4) is 0 Å². The van der Waals surface area contributed by atoms with Crippen molar-refractivity contribution in [3.8, 4) is 0 Å².